The predicted octanol–water partition coefficient (Wildman–Crippen LogP) is 2.90. The molecule has 9 heteroatoms. The maximum atomic E-state index is 12.2. The maximum Gasteiger partial charge on any atom is 0.270 e. The van der Waals surface area contributed by atoms with E-state index in [2.05, 4.69) is 15.0 Å². The third-order valence-corrected chi connectivity index (χ3v) is 4.41. The van der Waals surface area contributed by atoms with Crippen molar-refractivity contribution >= 4 is 17.4 Å². The monoisotopic (exact) mass is 365 g/mol. The lowest BCUT2D eigenvalue weighted by Crippen LogP contribution is -2.14. The van der Waals surface area contributed by atoms with Gasteiger partial charge in [-0.1, -0.05) is 23.9 Å². The van der Waals surface area contributed by atoms with E-state index in [4.69, 9.17) is 0 Å². The van der Waals surface area contributed by atoms with Crippen LogP contribution in [0.15, 0.2) is 58.7 Å². The van der Waals surface area contributed by atoms with Crippen molar-refractivity contribution in [3.63, 3.8) is 0 Å². The average molecular weight is 365 g/mol. The molecule has 0 aliphatic carbocycles. The van der Waals surface area contributed by atoms with Gasteiger partial charge in [-0.15, -0.1) is 0 Å². The summed E-state index contributed by atoms with van der Waals surface area (Å²) < 4.78 is 0. The highest BCUT2D eigenvalue weighted by molar-refractivity contribution is 7.98. The van der Waals surface area contributed by atoms with Gasteiger partial charge in [0.05, 0.1) is 10.6 Å². The van der Waals surface area contributed by atoms with Crippen LogP contribution in [0.1, 0.15) is 11.1 Å². The Labute approximate surface area is 151 Å². The van der Waals surface area contributed by atoms with E-state index in [0.717, 1.165) is 5.56 Å². The zero-order valence-electron chi connectivity index (χ0n) is 13.2. The summed E-state index contributed by atoms with van der Waals surface area (Å²) >= 11 is 1.26. The molecule has 0 aliphatic heterocycles. The first kappa shape index (κ1) is 17.3. The van der Waals surface area contributed by atoms with Crippen LogP contribution in [-0.2, 0) is 5.75 Å². The van der Waals surface area contributed by atoms with Crippen molar-refractivity contribution in [3.8, 4) is 17.3 Å². The first-order chi connectivity index (χ1) is 12.6. The molecule has 0 saturated carbocycles. The van der Waals surface area contributed by atoms with Gasteiger partial charge >= 0.3 is 0 Å². The minimum atomic E-state index is -0.521. The highest BCUT2D eigenvalue weighted by Gasteiger charge is 2.14. The number of nitro groups is 1. The first-order valence-corrected chi connectivity index (χ1v) is 8.38. The fourth-order valence-electron chi connectivity index (χ4n) is 2.20. The number of benzene rings is 1. The van der Waals surface area contributed by atoms with E-state index in [1.54, 1.807) is 30.5 Å². The third-order valence-electron chi connectivity index (χ3n) is 3.47. The molecular formula is C17H11N5O3S. The Kier molecular flexibility index (Phi) is 5.05. The van der Waals surface area contributed by atoms with Crippen molar-refractivity contribution in [2.24, 2.45) is 0 Å². The molecule has 0 unspecified atom stereocenters. The fraction of sp³-hybridized carbons (Fsp3) is 0.0588. The molecule has 2 aromatic heterocycles. The molecule has 0 saturated heterocycles. The number of thioether (sulfide) groups is 1. The van der Waals surface area contributed by atoms with E-state index >= 15 is 0 Å². The van der Waals surface area contributed by atoms with Crippen molar-refractivity contribution in [1.82, 2.24) is 15.0 Å². The van der Waals surface area contributed by atoms with Gasteiger partial charge < -0.3 is 4.98 Å². The highest BCUT2D eigenvalue weighted by Crippen LogP contribution is 2.24. The number of hydrogen-bond donors (Lipinski definition) is 1. The number of nitrogens with zero attached hydrogens (tertiary/aromatic N) is 4. The van der Waals surface area contributed by atoms with Crippen LogP contribution in [0.5, 0.6) is 0 Å². The lowest BCUT2D eigenvalue weighted by Gasteiger charge is -2.06. The molecular weight excluding hydrogens is 354 g/mol. The summed E-state index contributed by atoms with van der Waals surface area (Å²) in [5, 5.41) is 20.3. The number of H-pyrrole nitrogens is 1. The number of pyridine rings is 1. The number of nitrogens with one attached hydrogen (secondary N) is 1. The molecule has 1 aromatic carbocycles. The molecule has 0 radical (unpaired) electrons. The second-order valence-corrected chi connectivity index (χ2v) is 6.12. The van der Waals surface area contributed by atoms with Crippen LogP contribution in [0.4, 0.5) is 5.69 Å². The van der Waals surface area contributed by atoms with E-state index in [0.29, 0.717) is 16.5 Å². The van der Waals surface area contributed by atoms with Gasteiger partial charge in [-0.05, 0) is 17.7 Å². The normalized spacial score (nSPS) is 10.3. The number of nitro benzene ring substituents is 1. The van der Waals surface area contributed by atoms with Crippen LogP contribution in [0.2, 0.25) is 0 Å². The van der Waals surface area contributed by atoms with Crippen LogP contribution in [0.3, 0.4) is 0 Å². The minimum Gasteiger partial charge on any atom is -0.300 e. The van der Waals surface area contributed by atoms with Gasteiger partial charge in [-0.2, -0.15) is 5.26 Å². The standard InChI is InChI=1S/C17H11N5O3S/c18-8-14-15(12-2-1-7-19-9-12)20-17(21-16(14)23)26-10-11-3-5-13(6-4-11)22(24)25/h1-7,9H,10H2,(H,20,21,23). The van der Waals surface area contributed by atoms with Gasteiger partial charge in [-0.25, -0.2) is 4.98 Å². The van der Waals surface area contributed by atoms with Crippen molar-refractivity contribution in [3.05, 3.63) is 80.4 Å². The Morgan fingerprint density at radius 1 is 1.27 bits per heavy atom. The summed E-state index contributed by atoms with van der Waals surface area (Å²) in [6.45, 7) is 0. The van der Waals surface area contributed by atoms with Crippen molar-refractivity contribution < 1.29 is 4.92 Å². The van der Waals surface area contributed by atoms with E-state index in [-0.39, 0.29) is 16.9 Å². The molecule has 0 atom stereocenters. The SMILES string of the molecule is N#Cc1c(-c2cccnc2)nc(SCc2ccc([N+](=O)[O-])cc2)[nH]c1=O. The van der Waals surface area contributed by atoms with Gasteiger partial charge in [0.2, 0.25) is 0 Å². The summed E-state index contributed by atoms with van der Waals surface area (Å²) in [6.07, 6.45) is 3.13. The van der Waals surface area contributed by atoms with Gasteiger partial charge in [0, 0.05) is 35.8 Å². The van der Waals surface area contributed by atoms with Crippen molar-refractivity contribution in [2.75, 3.05) is 0 Å². The van der Waals surface area contributed by atoms with Crippen LogP contribution >= 0.6 is 11.8 Å². The third kappa shape index (κ3) is 3.76. The van der Waals surface area contributed by atoms with E-state index in [1.165, 1.54) is 30.1 Å². The first-order valence-electron chi connectivity index (χ1n) is 7.39. The van der Waals surface area contributed by atoms with E-state index in [9.17, 15) is 20.2 Å². The zero-order valence-corrected chi connectivity index (χ0v) is 14.1. The second-order valence-electron chi connectivity index (χ2n) is 5.16. The van der Waals surface area contributed by atoms with Gasteiger partial charge in [0.15, 0.2) is 5.16 Å². The largest absolute Gasteiger partial charge is 0.300 e. The van der Waals surface area contributed by atoms with E-state index < -0.39 is 10.5 Å². The Bertz CT molecular complexity index is 1040. The number of aromatic amines is 1. The van der Waals surface area contributed by atoms with Crippen LogP contribution in [0.25, 0.3) is 11.3 Å². The van der Waals surface area contributed by atoms with Crippen LogP contribution < -0.4 is 5.56 Å². The van der Waals surface area contributed by atoms with Crippen molar-refractivity contribution in [1.29, 1.82) is 5.26 Å². The number of non-ortho nitro benzene ring substituents is 1. The molecule has 128 valence electrons. The average Bonchev–Trinajstić information content (AvgIpc) is 2.67. The Morgan fingerprint density at radius 3 is 2.65 bits per heavy atom. The van der Waals surface area contributed by atoms with E-state index in [1.807, 2.05) is 6.07 Å². The summed E-state index contributed by atoms with van der Waals surface area (Å²) in [4.78, 5) is 33.3. The smallest absolute Gasteiger partial charge is 0.270 e. The molecule has 3 rings (SSSR count). The topological polar surface area (TPSA) is 126 Å². The summed E-state index contributed by atoms with van der Waals surface area (Å²) in [6, 6.07) is 11.4. The summed E-state index contributed by atoms with van der Waals surface area (Å²) in [5.41, 5.74) is 1.12. The molecule has 2 heterocycles. The molecule has 0 aliphatic rings. The number of rotatable bonds is 5. The molecule has 26 heavy (non-hydrogen) atoms. The molecule has 3 aromatic rings. The highest BCUT2D eigenvalue weighted by atomic mass is 32.2. The number of nitriles is 1. The zero-order chi connectivity index (χ0) is 18.5. The maximum absolute atomic E-state index is 12.2. The second kappa shape index (κ2) is 7.58. The lowest BCUT2D eigenvalue weighted by molar-refractivity contribution is -0.384. The minimum absolute atomic E-state index is 0.0162. The molecule has 0 fully saturated rings. The van der Waals surface area contributed by atoms with Crippen LogP contribution in [0, 0.1) is 21.4 Å². The fourth-order valence-corrected chi connectivity index (χ4v) is 3.02. The molecule has 0 amide bonds. The number of aromatic nitrogens is 3. The molecule has 0 spiro atoms. The predicted molar refractivity (Wildman–Crippen MR) is 95.5 cm³/mol. The lowest BCUT2D eigenvalue weighted by atomic mass is 10.1. The van der Waals surface area contributed by atoms with Crippen molar-refractivity contribution in [2.45, 2.75) is 10.9 Å². The van der Waals surface area contributed by atoms with Crippen LogP contribution in [-0.4, -0.2) is 19.9 Å². The van der Waals surface area contributed by atoms with Gasteiger partial charge in [-0.3, -0.25) is 19.9 Å². The molecule has 0 bridgehead atoms. The van der Waals surface area contributed by atoms with Gasteiger partial charge in [0.25, 0.3) is 11.2 Å². The number of hydrogen-bond acceptors (Lipinski definition) is 7. The Balaban J connectivity index is 1.87. The Morgan fingerprint density at radius 2 is 2.04 bits per heavy atom. The molecule has 1 N–H and O–H groups in total. The molecule has 8 nitrogen and oxygen atoms in total. The summed E-state index contributed by atoms with van der Waals surface area (Å²) in [5.74, 6) is 0.458. The van der Waals surface area contributed by atoms with Gasteiger partial charge in [0.1, 0.15) is 11.6 Å². The Hall–Kier alpha value is -3.51. The quantitative estimate of drug-likeness (QED) is 0.319. The summed E-state index contributed by atoms with van der Waals surface area (Å²) in [7, 11) is 0.